The number of aliphatic hydroxyl groups is 1. The number of nitrogens with zero attached hydrogens (tertiary/aromatic N) is 3. The van der Waals surface area contributed by atoms with E-state index in [1.165, 1.54) is 0 Å². The average molecular weight is 284 g/mol. The summed E-state index contributed by atoms with van der Waals surface area (Å²) in [5.41, 5.74) is 0.719. The Bertz CT molecular complexity index is 626. The third-order valence-electron chi connectivity index (χ3n) is 4.47. The number of hydrogen-bond donors (Lipinski definition) is 2. The molecule has 5 nitrogen and oxygen atoms in total. The summed E-state index contributed by atoms with van der Waals surface area (Å²) in [4.78, 5) is 4.16. The van der Waals surface area contributed by atoms with E-state index in [0.29, 0.717) is 17.6 Å². The Hall–Kier alpha value is -1.56. The molecule has 110 valence electrons. The van der Waals surface area contributed by atoms with E-state index in [-0.39, 0.29) is 0 Å². The molecule has 1 saturated carbocycles. The minimum Gasteiger partial charge on any atom is -0.390 e. The molecule has 1 fully saturated rings. The van der Waals surface area contributed by atoms with Crippen molar-refractivity contribution >= 4 is 24.9 Å². The van der Waals surface area contributed by atoms with Crippen molar-refractivity contribution in [2.24, 2.45) is 5.92 Å². The van der Waals surface area contributed by atoms with Crippen LogP contribution in [0.2, 0.25) is 0 Å². The van der Waals surface area contributed by atoms with Gasteiger partial charge in [-0.2, -0.15) is 0 Å². The maximum atomic E-state index is 10.1. The highest BCUT2D eigenvalue weighted by molar-refractivity contribution is 6.30. The second-order valence-electron chi connectivity index (χ2n) is 6.52. The smallest absolute Gasteiger partial charge is 0.152 e. The van der Waals surface area contributed by atoms with Gasteiger partial charge in [-0.25, -0.2) is 9.50 Å². The van der Waals surface area contributed by atoms with Gasteiger partial charge in [0.2, 0.25) is 0 Å². The normalized spacial score (nSPS) is 23.4. The molecule has 2 aromatic heterocycles. The largest absolute Gasteiger partial charge is 0.390 e. The van der Waals surface area contributed by atoms with Crippen LogP contribution in [0.15, 0.2) is 18.3 Å². The Morgan fingerprint density at radius 1 is 1.29 bits per heavy atom. The molecule has 0 atom stereocenters. The first-order chi connectivity index (χ1) is 9.93. The first kappa shape index (κ1) is 14.4. The van der Waals surface area contributed by atoms with Crippen LogP contribution in [0.3, 0.4) is 0 Å². The number of rotatable bonds is 3. The molecular weight excluding hydrogens is 263 g/mol. The first-order valence-corrected chi connectivity index (χ1v) is 7.52. The summed E-state index contributed by atoms with van der Waals surface area (Å²) in [6.45, 7) is 3.81. The molecule has 0 aromatic carbocycles. The summed E-state index contributed by atoms with van der Waals surface area (Å²) in [5, 5.41) is 18.0. The van der Waals surface area contributed by atoms with Crippen molar-refractivity contribution in [3.63, 3.8) is 0 Å². The molecule has 1 aliphatic carbocycles. The van der Waals surface area contributed by atoms with Gasteiger partial charge in [0.05, 0.1) is 5.60 Å². The van der Waals surface area contributed by atoms with Crippen LogP contribution in [0.1, 0.15) is 39.5 Å². The molecule has 2 radical (unpaired) electrons. The van der Waals surface area contributed by atoms with Crippen LogP contribution in [-0.4, -0.2) is 39.2 Å². The van der Waals surface area contributed by atoms with E-state index in [0.717, 1.165) is 37.1 Å². The molecule has 2 N–H and O–H groups in total. The van der Waals surface area contributed by atoms with Gasteiger partial charge >= 0.3 is 0 Å². The van der Waals surface area contributed by atoms with Gasteiger partial charge in [-0.15, -0.1) is 5.10 Å². The quantitative estimate of drug-likeness (QED) is 0.833. The Labute approximate surface area is 126 Å². The van der Waals surface area contributed by atoms with E-state index in [4.69, 9.17) is 7.85 Å². The second kappa shape index (κ2) is 5.33. The van der Waals surface area contributed by atoms with Crippen molar-refractivity contribution in [3.8, 4) is 0 Å². The van der Waals surface area contributed by atoms with Gasteiger partial charge in [0.1, 0.15) is 13.7 Å². The number of imidazole rings is 1. The lowest BCUT2D eigenvalue weighted by Gasteiger charge is -2.36. The van der Waals surface area contributed by atoms with Crippen molar-refractivity contribution in [2.75, 3.05) is 5.32 Å². The molecule has 6 heteroatoms. The van der Waals surface area contributed by atoms with Crippen LogP contribution in [0.25, 0.3) is 5.65 Å². The molecule has 2 aromatic rings. The third kappa shape index (κ3) is 3.05. The summed E-state index contributed by atoms with van der Waals surface area (Å²) in [5.74, 6) is 1.20. The lowest BCUT2D eigenvalue weighted by Crippen LogP contribution is -2.37. The maximum absolute atomic E-state index is 10.1. The second-order valence-corrected chi connectivity index (χ2v) is 6.52. The summed E-state index contributed by atoms with van der Waals surface area (Å²) < 4.78 is 1.64. The lowest BCUT2D eigenvalue weighted by atomic mass is 9.77. The molecule has 1 aliphatic rings. The predicted octanol–water partition coefficient (Wildman–Crippen LogP) is 1.26. The molecule has 2 heterocycles. The van der Waals surface area contributed by atoms with Gasteiger partial charge in [0.25, 0.3) is 0 Å². The lowest BCUT2D eigenvalue weighted by molar-refractivity contribution is -0.000404. The number of anilines is 1. The number of aromatic nitrogens is 3. The zero-order valence-electron chi connectivity index (χ0n) is 12.6. The van der Waals surface area contributed by atoms with Gasteiger partial charge in [-0.05, 0) is 57.6 Å². The Morgan fingerprint density at radius 3 is 2.67 bits per heavy atom. The molecule has 0 unspecified atom stereocenters. The Morgan fingerprint density at radius 2 is 2.00 bits per heavy atom. The number of nitrogens with one attached hydrogen (secondary N) is 1. The maximum Gasteiger partial charge on any atom is 0.152 e. The summed E-state index contributed by atoms with van der Waals surface area (Å²) in [7, 11) is 5.83. The van der Waals surface area contributed by atoms with E-state index in [2.05, 4.69) is 15.4 Å². The fraction of sp³-hybridized carbons (Fsp3) is 0.600. The molecule has 0 aliphatic heterocycles. The van der Waals surface area contributed by atoms with Crippen molar-refractivity contribution in [3.05, 3.63) is 18.3 Å². The van der Waals surface area contributed by atoms with Crippen molar-refractivity contribution in [1.82, 2.24) is 14.6 Å². The van der Waals surface area contributed by atoms with Crippen molar-refractivity contribution in [2.45, 2.75) is 51.2 Å². The topological polar surface area (TPSA) is 62.5 Å². The molecule has 0 saturated heterocycles. The van der Waals surface area contributed by atoms with Crippen LogP contribution >= 0.6 is 0 Å². The highest BCUT2D eigenvalue weighted by Gasteiger charge is 2.31. The standard InChI is InChI=1S/C15H21BN4O/c1-15(2,21)10-3-5-11(6-4-10)18-13-7-8-14-17-9-12(16)20(14)19-13/h7-11,21H,3-6H2,1-2H3,(H,18,19). The van der Waals surface area contributed by atoms with Gasteiger partial charge in [-0.3, -0.25) is 0 Å². The Kier molecular flexibility index (Phi) is 3.65. The zero-order chi connectivity index (χ0) is 15.0. The molecule has 0 amide bonds. The van der Waals surface area contributed by atoms with E-state index in [9.17, 15) is 5.11 Å². The van der Waals surface area contributed by atoms with Crippen molar-refractivity contribution < 1.29 is 5.11 Å². The highest BCUT2D eigenvalue weighted by atomic mass is 16.3. The van der Waals surface area contributed by atoms with Crippen LogP contribution in [0, 0.1) is 5.92 Å². The predicted molar refractivity (Wildman–Crippen MR) is 84.0 cm³/mol. The Balaban J connectivity index is 1.65. The number of fused-ring (bicyclic) bond motifs is 1. The van der Waals surface area contributed by atoms with Crippen molar-refractivity contribution in [1.29, 1.82) is 0 Å². The zero-order valence-corrected chi connectivity index (χ0v) is 12.6. The van der Waals surface area contributed by atoms with Gasteiger partial charge in [-0.1, -0.05) is 0 Å². The summed E-state index contributed by atoms with van der Waals surface area (Å²) in [6.07, 6.45) is 5.79. The average Bonchev–Trinajstić information content (AvgIpc) is 2.80. The van der Waals surface area contributed by atoms with Crippen LogP contribution in [-0.2, 0) is 0 Å². The van der Waals surface area contributed by atoms with E-state index in [1.54, 1.807) is 10.7 Å². The van der Waals surface area contributed by atoms with E-state index >= 15 is 0 Å². The monoisotopic (exact) mass is 284 g/mol. The minimum atomic E-state index is -0.576. The fourth-order valence-corrected chi connectivity index (χ4v) is 3.12. The first-order valence-electron chi connectivity index (χ1n) is 7.52. The molecular formula is C15H21BN4O. The van der Waals surface area contributed by atoms with Gasteiger partial charge < -0.3 is 10.4 Å². The SMILES string of the molecule is [B]c1cnc2ccc(NC3CCC(C(C)(C)O)CC3)nn12. The summed E-state index contributed by atoms with van der Waals surface area (Å²) in [6, 6.07) is 4.25. The van der Waals surface area contributed by atoms with Crippen LogP contribution in [0.5, 0.6) is 0 Å². The van der Waals surface area contributed by atoms with E-state index < -0.39 is 5.60 Å². The van der Waals surface area contributed by atoms with Gasteiger partial charge in [0, 0.05) is 17.8 Å². The van der Waals surface area contributed by atoms with Crippen LogP contribution < -0.4 is 10.9 Å². The molecule has 0 spiro atoms. The number of hydrogen-bond acceptors (Lipinski definition) is 4. The molecule has 3 rings (SSSR count). The highest BCUT2D eigenvalue weighted by Crippen LogP contribution is 2.33. The molecule has 21 heavy (non-hydrogen) atoms. The summed E-state index contributed by atoms with van der Waals surface area (Å²) >= 11 is 0. The third-order valence-corrected chi connectivity index (χ3v) is 4.47. The minimum absolute atomic E-state index is 0.385. The fourth-order valence-electron chi connectivity index (χ4n) is 3.12. The van der Waals surface area contributed by atoms with E-state index in [1.807, 2.05) is 26.0 Å². The molecule has 0 bridgehead atoms. The van der Waals surface area contributed by atoms with Gasteiger partial charge in [0.15, 0.2) is 5.65 Å². The van der Waals surface area contributed by atoms with Crippen LogP contribution in [0.4, 0.5) is 5.82 Å².